The number of benzene rings is 2. The molecule has 0 radical (unpaired) electrons. The zero-order chi connectivity index (χ0) is 21.7. The molecule has 5 heteroatoms. The molecule has 1 heterocycles. The molecular weight excluding hydrogens is 389 g/mol. The van der Waals surface area contributed by atoms with Gasteiger partial charge in [-0.2, -0.15) is 0 Å². The molecule has 1 aliphatic heterocycles. The number of halogens is 1. The second kappa shape index (κ2) is 9.92. The molecule has 0 aromatic heterocycles. The third kappa shape index (κ3) is 5.92. The fourth-order valence-electron chi connectivity index (χ4n) is 4.92. The van der Waals surface area contributed by atoms with E-state index in [0.29, 0.717) is 18.4 Å². The van der Waals surface area contributed by atoms with Gasteiger partial charge in [0.25, 0.3) is 0 Å². The van der Waals surface area contributed by atoms with Crippen LogP contribution in [0.3, 0.4) is 0 Å². The van der Waals surface area contributed by atoms with Gasteiger partial charge in [0.2, 0.25) is 5.91 Å². The summed E-state index contributed by atoms with van der Waals surface area (Å²) in [5, 5.41) is 6.57. The van der Waals surface area contributed by atoms with Crippen LogP contribution in [-0.2, 0) is 11.2 Å². The maximum Gasteiger partial charge on any atom is 0.221 e. The molecule has 2 N–H and O–H groups in total. The van der Waals surface area contributed by atoms with Gasteiger partial charge in [-0.1, -0.05) is 42.5 Å². The summed E-state index contributed by atoms with van der Waals surface area (Å²) in [4.78, 5) is 14.0. The summed E-state index contributed by atoms with van der Waals surface area (Å²) in [5.74, 6) is 0.547. The number of carbonyl (C=O) groups excluding carboxylic acids is 1. The first-order valence-corrected chi connectivity index (χ1v) is 11.5. The lowest BCUT2D eigenvalue weighted by Gasteiger charge is -2.42. The molecule has 0 bridgehead atoms. The maximum atomic E-state index is 13.4. The summed E-state index contributed by atoms with van der Waals surface area (Å²) in [6.45, 7) is 3.82. The Morgan fingerprint density at radius 3 is 2.52 bits per heavy atom. The molecule has 1 saturated carbocycles. The van der Waals surface area contributed by atoms with Gasteiger partial charge in [-0.15, -0.1) is 0 Å². The predicted molar refractivity (Wildman–Crippen MR) is 127 cm³/mol. The van der Waals surface area contributed by atoms with Gasteiger partial charge in [-0.3, -0.25) is 4.79 Å². The van der Waals surface area contributed by atoms with Crippen LogP contribution in [0.4, 0.5) is 4.39 Å². The molecule has 2 atom stereocenters. The molecule has 4 rings (SSSR count). The van der Waals surface area contributed by atoms with Crippen molar-refractivity contribution < 1.29 is 12.0 Å². The molecule has 2 aliphatic rings. The largest absolute Gasteiger partial charge is 0.359 e. The Bertz CT molecular complexity index is 858. The van der Waals surface area contributed by atoms with Crippen molar-refractivity contribution in [3.05, 3.63) is 71.5 Å². The molecule has 1 saturated heterocycles. The van der Waals surface area contributed by atoms with Crippen LogP contribution in [0.2, 0.25) is 0 Å². The highest BCUT2D eigenvalue weighted by molar-refractivity contribution is 5.75. The molecule has 1 aliphatic carbocycles. The molecule has 2 aromatic rings. The van der Waals surface area contributed by atoms with Crippen molar-refractivity contribution in [3.8, 4) is 0 Å². The monoisotopic (exact) mass is 427 g/mol. The highest BCUT2D eigenvalue weighted by Crippen LogP contribution is 2.42. The van der Waals surface area contributed by atoms with Gasteiger partial charge in [-0.05, 0) is 67.4 Å². The van der Waals surface area contributed by atoms with Crippen LogP contribution in [0.15, 0.2) is 54.6 Å². The number of hydrogen-bond acceptors (Lipinski definition) is 3. The Labute approximate surface area is 188 Å². The van der Waals surface area contributed by atoms with Gasteiger partial charge in [-0.25, -0.2) is 4.39 Å². The van der Waals surface area contributed by atoms with Crippen molar-refractivity contribution in [2.75, 3.05) is 33.2 Å². The summed E-state index contributed by atoms with van der Waals surface area (Å²) >= 11 is 0. The third-order valence-electron chi connectivity index (χ3n) is 7.10. The second-order valence-corrected chi connectivity index (χ2v) is 9.31. The van der Waals surface area contributed by atoms with E-state index in [1.165, 1.54) is 17.5 Å². The van der Waals surface area contributed by atoms with E-state index >= 15 is 0 Å². The normalized spacial score (nSPS) is 22.8. The molecule has 2 fully saturated rings. The zero-order valence-electron chi connectivity index (χ0n) is 18.4. The lowest BCUT2D eigenvalue weighted by Crippen LogP contribution is -2.47. The first-order chi connectivity index (χ1) is 15.1. The van der Waals surface area contributed by atoms with Crippen LogP contribution in [0, 0.1) is 11.2 Å². The minimum absolute atomic E-state index is 0. The standard InChI is InChI=1S/C26H34FN3O.2H2/c1-28-25(31)11-14-30-15-12-26(13-16-30,18-20-7-9-22(27)10-8-20)19-29-24-17-23(24)21-5-3-2-4-6-21;;/h2-10,23-24,29H,11-19H2,1H3,(H,28,31);2*1H/t23?,24-;;/m1../s1. The summed E-state index contributed by atoms with van der Waals surface area (Å²) in [6, 6.07) is 18.3. The van der Waals surface area contributed by atoms with Crippen molar-refractivity contribution >= 4 is 5.91 Å². The molecule has 0 spiro atoms. The molecular formula is C26H38FN3O. The first-order valence-electron chi connectivity index (χ1n) is 11.5. The van der Waals surface area contributed by atoms with Crippen molar-refractivity contribution in [2.45, 2.75) is 44.1 Å². The fourth-order valence-corrected chi connectivity index (χ4v) is 4.92. The SMILES string of the molecule is CNC(=O)CCN1CCC(CN[C@@H]2CC2c2ccccc2)(Cc2ccc(F)cc2)CC1.[HH].[HH]. The Hall–Kier alpha value is -2.24. The summed E-state index contributed by atoms with van der Waals surface area (Å²) in [7, 11) is 1.69. The minimum Gasteiger partial charge on any atom is -0.359 e. The molecule has 1 amide bonds. The Morgan fingerprint density at radius 2 is 1.84 bits per heavy atom. The van der Waals surface area contributed by atoms with Gasteiger partial charge >= 0.3 is 0 Å². The van der Waals surface area contributed by atoms with Crippen LogP contribution in [0.25, 0.3) is 0 Å². The lowest BCUT2D eigenvalue weighted by atomic mass is 9.73. The van der Waals surface area contributed by atoms with E-state index in [1.54, 1.807) is 19.2 Å². The van der Waals surface area contributed by atoms with Gasteiger partial charge < -0.3 is 15.5 Å². The average molecular weight is 428 g/mol. The summed E-state index contributed by atoms with van der Waals surface area (Å²) in [5.41, 5.74) is 2.81. The molecule has 170 valence electrons. The highest BCUT2D eigenvalue weighted by atomic mass is 19.1. The van der Waals surface area contributed by atoms with Crippen LogP contribution in [0.5, 0.6) is 0 Å². The summed E-state index contributed by atoms with van der Waals surface area (Å²) in [6.07, 6.45) is 4.91. The van der Waals surface area contributed by atoms with E-state index < -0.39 is 0 Å². The van der Waals surface area contributed by atoms with Gasteiger partial charge in [0.05, 0.1) is 0 Å². The number of hydrogen-bond donors (Lipinski definition) is 2. The second-order valence-electron chi connectivity index (χ2n) is 9.31. The molecule has 31 heavy (non-hydrogen) atoms. The van der Waals surface area contributed by atoms with E-state index in [-0.39, 0.29) is 20.0 Å². The zero-order valence-corrected chi connectivity index (χ0v) is 18.4. The number of likely N-dealkylation sites (tertiary alicyclic amines) is 1. The van der Waals surface area contributed by atoms with Gasteiger partial charge in [0.1, 0.15) is 5.82 Å². The van der Waals surface area contributed by atoms with Gasteiger partial charge in [0.15, 0.2) is 0 Å². The van der Waals surface area contributed by atoms with E-state index in [9.17, 15) is 9.18 Å². The van der Waals surface area contributed by atoms with E-state index in [0.717, 1.165) is 45.4 Å². The van der Waals surface area contributed by atoms with Crippen molar-refractivity contribution in [1.29, 1.82) is 0 Å². The number of rotatable bonds is 9. The number of nitrogens with one attached hydrogen (secondary N) is 2. The Kier molecular flexibility index (Phi) is 7.03. The van der Waals surface area contributed by atoms with E-state index in [1.807, 2.05) is 12.1 Å². The maximum absolute atomic E-state index is 13.4. The quantitative estimate of drug-likeness (QED) is 0.630. The lowest BCUT2D eigenvalue weighted by molar-refractivity contribution is -0.121. The molecule has 4 nitrogen and oxygen atoms in total. The number of piperidine rings is 1. The van der Waals surface area contributed by atoms with Gasteiger partial charge in [0, 0.05) is 41.4 Å². The van der Waals surface area contributed by atoms with Crippen LogP contribution in [-0.4, -0.2) is 50.1 Å². The number of amides is 1. The first kappa shape index (κ1) is 22.0. The van der Waals surface area contributed by atoms with Crippen molar-refractivity contribution in [2.24, 2.45) is 5.41 Å². The van der Waals surface area contributed by atoms with Crippen LogP contribution < -0.4 is 10.6 Å². The van der Waals surface area contributed by atoms with E-state index in [2.05, 4.69) is 45.9 Å². The van der Waals surface area contributed by atoms with Crippen LogP contribution >= 0.6 is 0 Å². The minimum atomic E-state index is -0.177. The average Bonchev–Trinajstić information content (AvgIpc) is 3.59. The summed E-state index contributed by atoms with van der Waals surface area (Å²) < 4.78 is 13.4. The van der Waals surface area contributed by atoms with E-state index in [4.69, 9.17) is 0 Å². The number of carbonyl (C=O) groups is 1. The molecule has 1 unspecified atom stereocenters. The third-order valence-corrected chi connectivity index (χ3v) is 7.10. The predicted octanol–water partition coefficient (Wildman–Crippen LogP) is 4.22. The smallest absolute Gasteiger partial charge is 0.221 e. The topological polar surface area (TPSA) is 44.4 Å². The van der Waals surface area contributed by atoms with Crippen molar-refractivity contribution in [1.82, 2.24) is 15.5 Å². The fraction of sp³-hybridized carbons (Fsp3) is 0.500. The van der Waals surface area contributed by atoms with Crippen LogP contribution in [0.1, 0.15) is 45.6 Å². The highest BCUT2D eigenvalue weighted by Gasteiger charge is 2.41. The van der Waals surface area contributed by atoms with Crippen molar-refractivity contribution in [3.63, 3.8) is 0 Å². The number of nitrogens with zero attached hydrogens (tertiary/aromatic N) is 1. The Morgan fingerprint density at radius 1 is 1.13 bits per heavy atom. The Balaban J connectivity index is 0.00000193. The molecule has 2 aromatic carbocycles.